The van der Waals surface area contributed by atoms with Gasteiger partial charge in [0, 0.05) is 68.2 Å². The van der Waals surface area contributed by atoms with Crippen molar-refractivity contribution >= 4 is 89.8 Å². The topological polar surface area (TPSA) is 13.0 Å². The molecule has 0 N–H and O–H groups in total. The molecule has 0 saturated heterocycles. The van der Waals surface area contributed by atoms with E-state index in [1.54, 1.807) is 0 Å². The minimum atomic E-state index is 0.760. The first kappa shape index (κ1) is 58.5. The lowest BCUT2D eigenvalue weighted by atomic mass is 9.97. The number of aryl methyl sites for hydroxylation is 7. The number of benzene rings is 14. The van der Waals surface area contributed by atoms with E-state index in [9.17, 15) is 0 Å². The summed E-state index contributed by atoms with van der Waals surface area (Å²) in [5, 5.41) is 4.86. The fraction of sp³-hybridized carbons (Fsp3) is 0.0909. The van der Waals surface area contributed by atoms with Gasteiger partial charge in [0.1, 0.15) is 0 Å². The van der Waals surface area contributed by atoms with E-state index in [0.29, 0.717) is 0 Å². The van der Waals surface area contributed by atoms with Gasteiger partial charge in [-0.2, -0.15) is 0 Å². The first-order chi connectivity index (χ1) is 44.9. The standard InChI is InChI=1S/C88H74N4/c1-60-22-37-79(38-23-60)91(80-39-24-61(2)25-40-80)87-50-35-74(53-65(87)6)75-36-51-88(66(7)54-75)92(81-41-26-62(3)27-42-81)86-43-28-64(5)76(59-86)55-67-15-13-21-83(56-67)90(85-49-34-69-17-9-11-19-73(69)58-85)78-46-31-71(32-47-78)70-29-44-77(45-30-70)89(82-20-12-14-63(4)52-82)84-48-33-68-16-8-10-18-72(68)57-84/h8-54,56-59H,55H2,1-7H3. The van der Waals surface area contributed by atoms with Crippen molar-refractivity contribution in [2.75, 3.05) is 19.6 Å². The Kier molecular flexibility index (Phi) is 16.1. The minimum absolute atomic E-state index is 0.760. The van der Waals surface area contributed by atoms with Gasteiger partial charge in [-0.25, -0.2) is 0 Å². The van der Waals surface area contributed by atoms with Crippen molar-refractivity contribution in [2.45, 2.75) is 54.9 Å². The fourth-order valence-corrected chi connectivity index (χ4v) is 13.0. The molecule has 14 aromatic carbocycles. The molecular weight excluding hydrogens is 1110 g/mol. The van der Waals surface area contributed by atoms with Gasteiger partial charge >= 0.3 is 0 Å². The zero-order valence-corrected chi connectivity index (χ0v) is 53.4. The molecule has 0 aliphatic rings. The second kappa shape index (κ2) is 25.4. The molecular formula is C88H74N4. The monoisotopic (exact) mass is 1190 g/mol. The van der Waals surface area contributed by atoms with Crippen LogP contribution in [0.25, 0.3) is 43.8 Å². The molecule has 0 aromatic heterocycles. The number of rotatable bonds is 16. The lowest BCUT2D eigenvalue weighted by molar-refractivity contribution is 1.14. The van der Waals surface area contributed by atoms with Crippen LogP contribution in [-0.2, 0) is 6.42 Å². The molecule has 14 aromatic rings. The maximum Gasteiger partial charge on any atom is 0.0491 e. The second-order valence-corrected chi connectivity index (χ2v) is 24.8. The van der Waals surface area contributed by atoms with Crippen LogP contribution in [0.15, 0.2) is 309 Å². The lowest BCUT2D eigenvalue weighted by Gasteiger charge is -2.29. The molecule has 446 valence electrons. The highest BCUT2D eigenvalue weighted by Crippen LogP contribution is 2.44. The smallest absolute Gasteiger partial charge is 0.0491 e. The molecule has 4 heteroatoms. The summed E-state index contributed by atoms with van der Waals surface area (Å²) >= 11 is 0. The van der Waals surface area contributed by atoms with Crippen molar-refractivity contribution in [1.82, 2.24) is 0 Å². The summed E-state index contributed by atoms with van der Waals surface area (Å²) < 4.78 is 0. The number of nitrogens with zero attached hydrogens (tertiary/aromatic N) is 4. The van der Waals surface area contributed by atoms with Crippen molar-refractivity contribution < 1.29 is 0 Å². The lowest BCUT2D eigenvalue weighted by Crippen LogP contribution is -2.12. The van der Waals surface area contributed by atoms with E-state index >= 15 is 0 Å². The van der Waals surface area contributed by atoms with Crippen LogP contribution in [0.5, 0.6) is 0 Å². The second-order valence-electron chi connectivity index (χ2n) is 24.8. The Morgan fingerprint density at radius 2 is 0.565 bits per heavy atom. The zero-order chi connectivity index (χ0) is 62.8. The molecule has 0 spiro atoms. The molecule has 0 atom stereocenters. The fourth-order valence-electron chi connectivity index (χ4n) is 13.0. The van der Waals surface area contributed by atoms with Gasteiger partial charge < -0.3 is 19.6 Å². The Hall–Kier alpha value is -11.2. The number of anilines is 12. The Balaban J connectivity index is 0.763. The van der Waals surface area contributed by atoms with Crippen LogP contribution in [0, 0.1) is 48.5 Å². The molecule has 92 heavy (non-hydrogen) atoms. The summed E-state index contributed by atoms with van der Waals surface area (Å²) in [6.45, 7) is 15.3. The van der Waals surface area contributed by atoms with Crippen molar-refractivity contribution in [1.29, 1.82) is 0 Å². The SMILES string of the molecule is Cc1ccc(N(c2ccc(C)cc2)c2ccc(-c3ccc(N(c4ccc(C)cc4)c4ccc(C)c(Cc5cccc(N(c6ccc(-c7ccc(N(c8cccc(C)c8)c8ccc9ccccc9c8)cc7)cc6)c6ccc7ccccc7c6)c5)c4)c(C)c3)cc2C)cc1. The molecule has 0 aliphatic carbocycles. The quantitative estimate of drug-likeness (QED) is 0.0956. The minimum Gasteiger partial charge on any atom is -0.310 e. The zero-order valence-electron chi connectivity index (χ0n) is 53.4. The van der Waals surface area contributed by atoms with Gasteiger partial charge in [-0.1, -0.05) is 180 Å². The predicted molar refractivity (Wildman–Crippen MR) is 393 cm³/mol. The van der Waals surface area contributed by atoms with Crippen LogP contribution in [0.3, 0.4) is 0 Å². The summed E-state index contributed by atoms with van der Waals surface area (Å²) in [5.41, 5.74) is 29.3. The normalized spacial score (nSPS) is 11.2. The van der Waals surface area contributed by atoms with Crippen LogP contribution in [0.1, 0.15) is 50.1 Å². The molecule has 0 fully saturated rings. The molecule has 0 bridgehead atoms. The maximum atomic E-state index is 2.43. The van der Waals surface area contributed by atoms with Gasteiger partial charge in [-0.15, -0.1) is 0 Å². The summed E-state index contributed by atoms with van der Waals surface area (Å²) in [6.07, 6.45) is 0.760. The Morgan fingerprint density at radius 3 is 1.02 bits per heavy atom. The summed E-state index contributed by atoms with van der Waals surface area (Å²) in [7, 11) is 0. The Morgan fingerprint density at radius 1 is 0.207 bits per heavy atom. The van der Waals surface area contributed by atoms with Crippen LogP contribution >= 0.6 is 0 Å². The molecule has 0 aliphatic heterocycles. The van der Waals surface area contributed by atoms with Crippen molar-refractivity contribution in [3.8, 4) is 22.3 Å². The van der Waals surface area contributed by atoms with Gasteiger partial charge in [-0.3, -0.25) is 0 Å². The van der Waals surface area contributed by atoms with Crippen LogP contribution in [0.2, 0.25) is 0 Å². The van der Waals surface area contributed by atoms with Crippen molar-refractivity contribution in [3.05, 3.63) is 359 Å². The number of hydrogen-bond acceptors (Lipinski definition) is 4. The Labute approximate surface area is 542 Å². The molecule has 0 heterocycles. The molecule has 4 nitrogen and oxygen atoms in total. The summed E-state index contributed by atoms with van der Waals surface area (Å²) in [4.78, 5) is 9.56. The molecule has 0 saturated carbocycles. The molecule has 0 unspecified atom stereocenters. The first-order valence-electron chi connectivity index (χ1n) is 32.0. The van der Waals surface area contributed by atoms with Crippen molar-refractivity contribution in [2.24, 2.45) is 0 Å². The first-order valence-corrected chi connectivity index (χ1v) is 32.0. The number of hydrogen-bond donors (Lipinski definition) is 0. The van der Waals surface area contributed by atoms with Gasteiger partial charge in [0.2, 0.25) is 0 Å². The van der Waals surface area contributed by atoms with Crippen LogP contribution in [-0.4, -0.2) is 0 Å². The Bertz CT molecular complexity index is 4920. The third-order valence-electron chi connectivity index (χ3n) is 18.1. The van der Waals surface area contributed by atoms with Crippen LogP contribution < -0.4 is 19.6 Å². The molecule has 0 amide bonds. The maximum absolute atomic E-state index is 2.43. The van der Waals surface area contributed by atoms with E-state index in [4.69, 9.17) is 0 Å². The van der Waals surface area contributed by atoms with E-state index in [1.807, 2.05) is 0 Å². The average Bonchev–Trinajstić information content (AvgIpc) is 0.836. The highest BCUT2D eigenvalue weighted by atomic mass is 15.2. The predicted octanol–water partition coefficient (Wildman–Crippen LogP) is 25.0. The third-order valence-corrected chi connectivity index (χ3v) is 18.1. The van der Waals surface area contributed by atoms with Crippen LogP contribution in [0.4, 0.5) is 68.2 Å². The van der Waals surface area contributed by atoms with E-state index in [2.05, 4.69) is 377 Å². The summed E-state index contributed by atoms with van der Waals surface area (Å²) in [6, 6.07) is 114. The van der Waals surface area contributed by atoms with Crippen molar-refractivity contribution in [3.63, 3.8) is 0 Å². The van der Waals surface area contributed by atoms with Gasteiger partial charge in [0.25, 0.3) is 0 Å². The third kappa shape index (κ3) is 12.2. The van der Waals surface area contributed by atoms with E-state index in [-0.39, 0.29) is 0 Å². The van der Waals surface area contributed by atoms with Gasteiger partial charge in [0.05, 0.1) is 0 Å². The molecule has 14 rings (SSSR count). The highest BCUT2D eigenvalue weighted by molar-refractivity contribution is 5.92. The van der Waals surface area contributed by atoms with Gasteiger partial charge in [0.15, 0.2) is 0 Å². The van der Waals surface area contributed by atoms with E-state index in [0.717, 1.165) is 85.8 Å². The summed E-state index contributed by atoms with van der Waals surface area (Å²) in [5.74, 6) is 0. The molecule has 0 radical (unpaired) electrons. The van der Waals surface area contributed by atoms with E-state index in [1.165, 1.54) is 82.7 Å². The highest BCUT2D eigenvalue weighted by Gasteiger charge is 2.21. The van der Waals surface area contributed by atoms with E-state index < -0.39 is 0 Å². The largest absolute Gasteiger partial charge is 0.310 e. The van der Waals surface area contributed by atoms with Gasteiger partial charge in [-0.05, 0) is 278 Å². The number of fused-ring (bicyclic) bond motifs is 2. The average molecular weight is 1190 g/mol.